The van der Waals surface area contributed by atoms with Gasteiger partial charge in [-0.2, -0.15) is 0 Å². The Labute approximate surface area is 163 Å². The van der Waals surface area contributed by atoms with Crippen molar-refractivity contribution in [1.29, 1.82) is 0 Å². The van der Waals surface area contributed by atoms with Crippen molar-refractivity contribution in [1.82, 2.24) is 0 Å². The molecular weight excluding hydrogens is 389 g/mol. The Kier molecular flexibility index (Phi) is 2700. The summed E-state index contributed by atoms with van der Waals surface area (Å²) >= 11 is 0. The van der Waals surface area contributed by atoms with E-state index in [0.29, 0.717) is 0 Å². The van der Waals surface area contributed by atoms with Crippen molar-refractivity contribution in [3.05, 3.63) is 0 Å². The minimum atomic E-state index is 0. The molecule has 0 amide bonds. The summed E-state index contributed by atoms with van der Waals surface area (Å²) in [4.78, 5) is 0. The standard InChI is InChI=1S/7O.2Sr.2V/q7*-2;2*+2;;. The van der Waals surface area contributed by atoms with Crippen LogP contribution in [-0.4, -0.2) is 91.0 Å². The van der Waals surface area contributed by atoms with Crippen LogP contribution in [0.1, 0.15) is 0 Å². The van der Waals surface area contributed by atoms with E-state index < -0.39 is 0 Å². The first-order valence-corrected chi connectivity index (χ1v) is 0. The molecule has 0 unspecified atom stereocenters. The van der Waals surface area contributed by atoms with Crippen molar-refractivity contribution >= 4 is 91.0 Å². The zero-order chi connectivity index (χ0) is 0. The van der Waals surface area contributed by atoms with Gasteiger partial charge < -0.3 is 38.3 Å². The van der Waals surface area contributed by atoms with Gasteiger partial charge in [-0.1, -0.05) is 0 Å². The number of hydrogen-bond donors (Lipinski definition) is 0. The van der Waals surface area contributed by atoms with Crippen LogP contribution in [0.4, 0.5) is 0 Å². The fraction of sp³-hybridized carbons (Fsp3) is 0. The van der Waals surface area contributed by atoms with Gasteiger partial charge >= 0.3 is 91.0 Å². The summed E-state index contributed by atoms with van der Waals surface area (Å²) < 4.78 is 0. The summed E-state index contributed by atoms with van der Waals surface area (Å²) in [5, 5.41) is 0. The van der Waals surface area contributed by atoms with Crippen molar-refractivity contribution in [2.75, 3.05) is 0 Å². The molecule has 0 aliphatic heterocycles. The molecule has 7 nitrogen and oxygen atoms in total. The third-order valence-electron chi connectivity index (χ3n) is 0. The zero-order valence-corrected chi connectivity index (χ0v) is 14.9. The second-order valence-electron chi connectivity index (χ2n) is 0. The van der Waals surface area contributed by atoms with Crippen LogP contribution in [0.25, 0.3) is 0 Å². The first-order valence-electron chi connectivity index (χ1n) is 0. The van der Waals surface area contributed by atoms with E-state index in [9.17, 15) is 0 Å². The fourth-order valence-electron chi connectivity index (χ4n) is 0. The third kappa shape index (κ3) is 131. The Morgan fingerprint density at radius 2 is 0.273 bits per heavy atom. The second kappa shape index (κ2) is 154. The topological polar surface area (TPSA) is 200 Å². The molecule has 11 heavy (non-hydrogen) atoms. The van der Waals surface area contributed by atoms with Crippen molar-refractivity contribution in [2.24, 2.45) is 0 Å². The van der Waals surface area contributed by atoms with E-state index in [4.69, 9.17) is 0 Å². The van der Waals surface area contributed by atoms with Crippen molar-refractivity contribution in [3.8, 4) is 0 Å². The van der Waals surface area contributed by atoms with Gasteiger partial charge in [-0.25, -0.2) is 0 Å². The van der Waals surface area contributed by atoms with Gasteiger partial charge in [0.05, 0.1) is 0 Å². The predicted octanol–water partition coefficient (Wildman–Crippen LogP) is -1.60. The smallest absolute Gasteiger partial charge is 2.00 e. The van der Waals surface area contributed by atoms with Crippen molar-refractivity contribution in [2.45, 2.75) is 0 Å². The molecule has 0 aromatic rings. The van der Waals surface area contributed by atoms with E-state index in [-0.39, 0.29) is 166 Å². The number of rotatable bonds is 0. The van der Waals surface area contributed by atoms with E-state index in [1.807, 2.05) is 0 Å². The van der Waals surface area contributed by atoms with E-state index in [1.54, 1.807) is 0 Å². The first-order chi connectivity index (χ1) is 0. The van der Waals surface area contributed by atoms with Crippen LogP contribution in [0.5, 0.6) is 0 Å². The average molecular weight is 389 g/mol. The summed E-state index contributed by atoms with van der Waals surface area (Å²) in [6.45, 7) is 0. The summed E-state index contributed by atoms with van der Waals surface area (Å²) in [7, 11) is 0. The van der Waals surface area contributed by atoms with Crippen LogP contribution in [0.15, 0.2) is 0 Å². The van der Waals surface area contributed by atoms with Gasteiger partial charge in [-0.05, 0) is 0 Å². The van der Waals surface area contributed by atoms with Gasteiger partial charge in [0.2, 0.25) is 0 Å². The summed E-state index contributed by atoms with van der Waals surface area (Å²) in [5.74, 6) is 0. The second-order valence-corrected chi connectivity index (χ2v) is 0. The zero-order valence-electron chi connectivity index (χ0n) is 5.17. The Bertz CT molecular complexity index is 14.4. The molecule has 0 aromatic carbocycles. The molecule has 0 spiro atoms. The molecule has 0 saturated carbocycles. The SMILES string of the molecule is [O-2].[O-2].[O-2].[O-2].[O-2].[O-2].[O-2].[Sr+2].[Sr+2].[V].[V]. The molecule has 0 aromatic heterocycles. The average Bonchev–Trinajstić information content (AvgIpc) is 0. The minimum Gasteiger partial charge on any atom is -2.00 e. The van der Waals surface area contributed by atoms with E-state index in [2.05, 4.69) is 0 Å². The molecule has 0 aliphatic carbocycles. The minimum absolute atomic E-state index is 0. The Hall–Kier alpha value is 3.85. The van der Waals surface area contributed by atoms with Crippen molar-refractivity contribution in [3.63, 3.8) is 0 Å². The maximum atomic E-state index is 0. The maximum absolute atomic E-state index is 0. The number of hydrogen-bond acceptors (Lipinski definition) is 0. The fourth-order valence-corrected chi connectivity index (χ4v) is 0. The van der Waals surface area contributed by atoms with Crippen LogP contribution in [0, 0.1) is 0 Å². The predicted molar refractivity (Wildman–Crippen MR) is 16.3 cm³/mol. The Balaban J connectivity index is 0. The van der Waals surface area contributed by atoms with Crippen LogP contribution < -0.4 is 0 Å². The van der Waals surface area contributed by atoms with Crippen LogP contribution in [0.3, 0.4) is 0 Å². The van der Waals surface area contributed by atoms with Gasteiger partial charge in [0, 0.05) is 37.1 Å². The molecule has 0 atom stereocenters. The molecule has 0 aliphatic rings. The van der Waals surface area contributed by atoms with Gasteiger partial charge in [0.25, 0.3) is 0 Å². The molecular formula is O7Sr2V2-10. The monoisotopic (exact) mass is 390 g/mol. The molecule has 0 N–H and O–H groups in total. The summed E-state index contributed by atoms with van der Waals surface area (Å²) in [5.41, 5.74) is 0. The molecule has 66 valence electrons. The van der Waals surface area contributed by atoms with E-state index >= 15 is 0 Å². The quantitative estimate of drug-likeness (QED) is 0.430. The third-order valence-corrected chi connectivity index (χ3v) is 0. The van der Waals surface area contributed by atoms with E-state index in [0.717, 1.165) is 0 Å². The molecule has 0 heterocycles. The largest absolute Gasteiger partial charge is 2.00 e. The molecule has 11 heteroatoms. The molecule has 0 saturated heterocycles. The summed E-state index contributed by atoms with van der Waals surface area (Å²) in [6, 6.07) is 0. The molecule has 0 fully saturated rings. The van der Waals surface area contributed by atoms with Crippen LogP contribution in [-0.2, 0) is 75.4 Å². The maximum Gasteiger partial charge on any atom is 2.00 e. The Morgan fingerprint density at radius 3 is 0.273 bits per heavy atom. The molecule has 2 radical (unpaired) electrons. The van der Waals surface area contributed by atoms with E-state index in [1.165, 1.54) is 0 Å². The summed E-state index contributed by atoms with van der Waals surface area (Å²) in [6.07, 6.45) is 0. The van der Waals surface area contributed by atoms with Gasteiger partial charge in [-0.3, -0.25) is 0 Å². The van der Waals surface area contributed by atoms with Crippen LogP contribution in [0.2, 0.25) is 0 Å². The van der Waals surface area contributed by atoms with Gasteiger partial charge in [-0.15, -0.1) is 0 Å². The van der Waals surface area contributed by atoms with Gasteiger partial charge in [0.1, 0.15) is 0 Å². The van der Waals surface area contributed by atoms with Crippen LogP contribution >= 0.6 is 0 Å². The normalized spacial score (nSPS) is 0. The molecule has 0 rings (SSSR count). The van der Waals surface area contributed by atoms with Gasteiger partial charge in [0.15, 0.2) is 0 Å². The van der Waals surface area contributed by atoms with Crippen molar-refractivity contribution < 1.29 is 75.4 Å². The first kappa shape index (κ1) is 192. The Morgan fingerprint density at radius 1 is 0.273 bits per heavy atom. The molecule has 0 bridgehead atoms.